The van der Waals surface area contributed by atoms with Gasteiger partial charge in [0.25, 0.3) is 0 Å². The van der Waals surface area contributed by atoms with Crippen LogP contribution in [0.1, 0.15) is 49.9 Å². The number of aromatic nitrogens is 1. The van der Waals surface area contributed by atoms with Gasteiger partial charge < -0.3 is 10.2 Å². The summed E-state index contributed by atoms with van der Waals surface area (Å²) < 4.78 is 0. The van der Waals surface area contributed by atoms with Crippen LogP contribution in [-0.2, 0) is 13.0 Å². The topological polar surface area (TPSA) is 28.2 Å². The van der Waals surface area contributed by atoms with Crippen LogP contribution in [0.15, 0.2) is 6.20 Å². The van der Waals surface area contributed by atoms with Crippen LogP contribution in [0.25, 0.3) is 0 Å². The summed E-state index contributed by atoms with van der Waals surface area (Å²) in [6.45, 7) is 10.1. The third kappa shape index (κ3) is 4.86. The first-order valence-electron chi connectivity index (χ1n) is 7.56. The maximum atomic E-state index is 4.56. The van der Waals surface area contributed by atoms with E-state index in [4.69, 9.17) is 0 Å². The van der Waals surface area contributed by atoms with Gasteiger partial charge in [0, 0.05) is 42.7 Å². The molecule has 1 N–H and O–H groups in total. The third-order valence-corrected chi connectivity index (χ3v) is 4.90. The molecule has 0 amide bonds. The Kier molecular flexibility index (Phi) is 5.79. The van der Waals surface area contributed by atoms with Crippen LogP contribution in [-0.4, -0.2) is 35.1 Å². The van der Waals surface area contributed by atoms with Gasteiger partial charge in [0.1, 0.15) is 0 Å². The minimum absolute atomic E-state index is 0.541. The number of likely N-dealkylation sites (tertiary alicyclic amines) is 1. The molecule has 0 spiro atoms. The van der Waals surface area contributed by atoms with Crippen LogP contribution < -0.4 is 5.32 Å². The molecule has 1 atom stereocenters. The zero-order valence-corrected chi connectivity index (χ0v) is 13.3. The van der Waals surface area contributed by atoms with Gasteiger partial charge in [-0.05, 0) is 26.3 Å². The van der Waals surface area contributed by atoms with Crippen molar-refractivity contribution >= 4 is 11.3 Å². The highest BCUT2D eigenvalue weighted by Crippen LogP contribution is 2.18. The zero-order valence-electron chi connectivity index (χ0n) is 12.5. The molecule has 2 rings (SSSR count). The highest BCUT2D eigenvalue weighted by Gasteiger charge is 2.17. The molecule has 1 aliphatic rings. The van der Waals surface area contributed by atoms with Crippen molar-refractivity contribution in [3.63, 3.8) is 0 Å². The van der Waals surface area contributed by atoms with E-state index in [1.54, 1.807) is 0 Å². The molecule has 0 saturated carbocycles. The van der Waals surface area contributed by atoms with Crippen molar-refractivity contribution < 1.29 is 0 Å². The van der Waals surface area contributed by atoms with Crippen molar-refractivity contribution in [2.75, 3.05) is 13.1 Å². The fourth-order valence-corrected chi connectivity index (χ4v) is 3.44. The lowest BCUT2D eigenvalue weighted by molar-refractivity contribution is 0.163. The smallest absolute Gasteiger partial charge is 0.0940 e. The predicted octanol–water partition coefficient (Wildman–Crippen LogP) is 3.06. The van der Waals surface area contributed by atoms with Crippen LogP contribution in [0, 0.1) is 0 Å². The highest BCUT2D eigenvalue weighted by atomic mass is 32.1. The molecule has 3 nitrogen and oxygen atoms in total. The summed E-state index contributed by atoms with van der Waals surface area (Å²) in [5.41, 5.74) is 0. The number of piperidine rings is 1. The quantitative estimate of drug-likeness (QED) is 0.868. The summed E-state index contributed by atoms with van der Waals surface area (Å²) in [7, 11) is 0. The normalized spacial score (nSPS) is 21.2. The van der Waals surface area contributed by atoms with E-state index in [1.807, 2.05) is 17.5 Å². The average molecular weight is 281 g/mol. The van der Waals surface area contributed by atoms with E-state index >= 15 is 0 Å². The van der Waals surface area contributed by atoms with Crippen molar-refractivity contribution in [2.45, 2.75) is 65.1 Å². The number of hydrogen-bond donors (Lipinski definition) is 1. The molecule has 1 aliphatic heterocycles. The van der Waals surface area contributed by atoms with E-state index in [0.29, 0.717) is 6.04 Å². The van der Waals surface area contributed by atoms with Crippen LogP contribution in [0.2, 0.25) is 0 Å². The van der Waals surface area contributed by atoms with Crippen molar-refractivity contribution in [1.82, 2.24) is 15.2 Å². The molecule has 1 aromatic rings. The number of nitrogens with one attached hydrogen (secondary N) is 1. The zero-order chi connectivity index (χ0) is 13.7. The summed E-state index contributed by atoms with van der Waals surface area (Å²) >= 11 is 1.86. The standard InChI is InChI=1S/C15H27N3S/c1-12(2)16-10-14-11-17-15(19-14)7-9-18-8-5-4-6-13(18)3/h11-13,16H,4-10H2,1-3H3. The Morgan fingerprint density at radius 1 is 1.47 bits per heavy atom. The molecule has 2 heterocycles. The number of thiazole rings is 1. The Bertz CT molecular complexity index is 375. The largest absolute Gasteiger partial charge is 0.310 e. The van der Waals surface area contributed by atoms with Gasteiger partial charge in [-0.15, -0.1) is 11.3 Å². The molecule has 108 valence electrons. The minimum atomic E-state index is 0.541. The Morgan fingerprint density at radius 2 is 2.32 bits per heavy atom. The van der Waals surface area contributed by atoms with Gasteiger partial charge in [-0.3, -0.25) is 0 Å². The van der Waals surface area contributed by atoms with Crippen molar-refractivity contribution in [2.24, 2.45) is 0 Å². The molecule has 1 aromatic heterocycles. The number of nitrogens with zero attached hydrogens (tertiary/aromatic N) is 2. The number of rotatable bonds is 6. The fourth-order valence-electron chi connectivity index (χ4n) is 2.58. The van der Waals surface area contributed by atoms with E-state index in [9.17, 15) is 0 Å². The minimum Gasteiger partial charge on any atom is -0.310 e. The van der Waals surface area contributed by atoms with Crippen molar-refractivity contribution in [1.29, 1.82) is 0 Å². The molecular formula is C15H27N3S. The fraction of sp³-hybridized carbons (Fsp3) is 0.800. The predicted molar refractivity (Wildman–Crippen MR) is 82.7 cm³/mol. The monoisotopic (exact) mass is 281 g/mol. The van der Waals surface area contributed by atoms with Gasteiger partial charge in [-0.1, -0.05) is 20.3 Å². The Morgan fingerprint density at radius 3 is 3.05 bits per heavy atom. The molecule has 0 aromatic carbocycles. The second kappa shape index (κ2) is 7.36. The number of hydrogen-bond acceptors (Lipinski definition) is 4. The van der Waals surface area contributed by atoms with E-state index < -0.39 is 0 Å². The Balaban J connectivity index is 1.76. The van der Waals surface area contributed by atoms with Crippen molar-refractivity contribution in [3.05, 3.63) is 16.1 Å². The van der Waals surface area contributed by atoms with Gasteiger partial charge in [0.15, 0.2) is 0 Å². The van der Waals surface area contributed by atoms with Gasteiger partial charge in [-0.2, -0.15) is 0 Å². The maximum absolute atomic E-state index is 4.56. The highest BCUT2D eigenvalue weighted by molar-refractivity contribution is 7.11. The summed E-state index contributed by atoms with van der Waals surface area (Å²) in [6.07, 6.45) is 7.28. The van der Waals surface area contributed by atoms with Crippen LogP contribution in [0.4, 0.5) is 0 Å². The second-order valence-corrected chi connectivity index (χ2v) is 7.09. The average Bonchev–Trinajstić information content (AvgIpc) is 2.83. The van der Waals surface area contributed by atoms with E-state index in [-0.39, 0.29) is 0 Å². The van der Waals surface area contributed by atoms with Gasteiger partial charge >= 0.3 is 0 Å². The molecule has 1 unspecified atom stereocenters. The first-order valence-corrected chi connectivity index (χ1v) is 8.38. The molecule has 0 bridgehead atoms. The molecule has 0 aliphatic carbocycles. The maximum Gasteiger partial charge on any atom is 0.0940 e. The first kappa shape index (κ1) is 14.9. The SMILES string of the molecule is CC(C)NCc1cnc(CCN2CCCCC2C)s1. The molecule has 4 heteroatoms. The second-order valence-electron chi connectivity index (χ2n) is 5.89. The van der Waals surface area contributed by atoms with Crippen molar-refractivity contribution in [3.8, 4) is 0 Å². The molecule has 1 fully saturated rings. The molecule has 1 saturated heterocycles. The van der Waals surface area contributed by atoms with E-state index in [2.05, 4.69) is 36.0 Å². The first-order chi connectivity index (χ1) is 9.15. The Hall–Kier alpha value is -0.450. The molecular weight excluding hydrogens is 254 g/mol. The van der Waals surface area contributed by atoms with E-state index in [1.165, 1.54) is 42.2 Å². The van der Waals surface area contributed by atoms with Crippen LogP contribution >= 0.6 is 11.3 Å². The summed E-state index contributed by atoms with van der Waals surface area (Å²) in [5.74, 6) is 0. The summed E-state index contributed by atoms with van der Waals surface area (Å²) in [5, 5.41) is 4.74. The van der Waals surface area contributed by atoms with Crippen LogP contribution in [0.3, 0.4) is 0 Å². The Labute approximate surface area is 121 Å². The summed E-state index contributed by atoms with van der Waals surface area (Å²) in [6, 6.07) is 1.30. The van der Waals surface area contributed by atoms with Gasteiger partial charge in [0.2, 0.25) is 0 Å². The molecule has 19 heavy (non-hydrogen) atoms. The molecule has 0 radical (unpaired) electrons. The van der Waals surface area contributed by atoms with Gasteiger partial charge in [0.05, 0.1) is 5.01 Å². The lowest BCUT2D eigenvalue weighted by atomic mass is 10.0. The summed E-state index contributed by atoms with van der Waals surface area (Å²) in [4.78, 5) is 8.53. The van der Waals surface area contributed by atoms with Gasteiger partial charge in [-0.25, -0.2) is 4.98 Å². The lowest BCUT2D eigenvalue weighted by Crippen LogP contribution is -2.38. The van der Waals surface area contributed by atoms with E-state index in [0.717, 1.165) is 19.0 Å². The third-order valence-electron chi connectivity index (χ3n) is 3.84. The lowest BCUT2D eigenvalue weighted by Gasteiger charge is -2.32. The van der Waals surface area contributed by atoms with Crippen LogP contribution in [0.5, 0.6) is 0 Å².